The lowest BCUT2D eigenvalue weighted by Crippen LogP contribution is -1.96. The highest BCUT2D eigenvalue weighted by Crippen LogP contribution is 2.17. The van der Waals surface area contributed by atoms with Gasteiger partial charge in [-0.2, -0.15) is 0 Å². The van der Waals surface area contributed by atoms with Crippen molar-refractivity contribution in [1.29, 1.82) is 0 Å². The summed E-state index contributed by atoms with van der Waals surface area (Å²) in [5.41, 5.74) is 4.55. The second kappa shape index (κ2) is 3.87. The fraction of sp³-hybridized carbons (Fsp3) is 0. The van der Waals surface area contributed by atoms with Crippen LogP contribution in [0, 0.1) is 11.6 Å². The third-order valence-electron chi connectivity index (χ3n) is 1.52. The largest absolute Gasteiger partial charge is 0.478 e. The molecule has 0 aliphatic heterocycles. The maximum atomic E-state index is 12.8. The molecule has 0 spiro atoms. The maximum absolute atomic E-state index is 12.8. The summed E-state index contributed by atoms with van der Waals surface area (Å²) in [5, 5.41) is 8.27. The number of anilines is 1. The van der Waals surface area contributed by atoms with Crippen LogP contribution >= 0.6 is 0 Å². The first-order chi connectivity index (χ1) is 6.50. The van der Waals surface area contributed by atoms with Crippen molar-refractivity contribution in [2.75, 3.05) is 5.73 Å². The van der Waals surface area contributed by atoms with Crippen LogP contribution in [0.4, 0.5) is 14.5 Å². The number of nitrogen functional groups attached to an aromatic ring is 1. The first kappa shape index (κ1) is 10.2. The molecule has 5 heteroatoms. The van der Waals surface area contributed by atoms with Crippen molar-refractivity contribution in [1.82, 2.24) is 0 Å². The van der Waals surface area contributed by atoms with Crippen LogP contribution in [0.1, 0.15) is 5.56 Å². The van der Waals surface area contributed by atoms with Crippen molar-refractivity contribution in [3.8, 4) is 0 Å². The molecule has 1 aromatic rings. The third kappa shape index (κ3) is 2.29. The van der Waals surface area contributed by atoms with Gasteiger partial charge in [0.15, 0.2) is 0 Å². The molecule has 1 aromatic carbocycles. The minimum atomic E-state index is -1.19. The van der Waals surface area contributed by atoms with E-state index in [9.17, 15) is 13.6 Å². The molecule has 74 valence electrons. The van der Waals surface area contributed by atoms with E-state index in [0.717, 1.165) is 24.3 Å². The fourth-order valence-electron chi connectivity index (χ4n) is 0.868. The molecular weight excluding hydrogens is 192 g/mol. The van der Waals surface area contributed by atoms with Crippen molar-refractivity contribution in [3.63, 3.8) is 0 Å². The summed E-state index contributed by atoms with van der Waals surface area (Å²) >= 11 is 0. The number of hydrogen-bond donors (Lipinski definition) is 2. The summed E-state index contributed by atoms with van der Waals surface area (Å²) in [6.45, 7) is 0. The fourth-order valence-corrected chi connectivity index (χ4v) is 0.868. The Hall–Kier alpha value is -1.91. The lowest BCUT2D eigenvalue weighted by atomic mass is 10.2. The highest BCUT2D eigenvalue weighted by Gasteiger charge is 2.05. The molecule has 0 aliphatic carbocycles. The van der Waals surface area contributed by atoms with Crippen LogP contribution in [0.5, 0.6) is 0 Å². The Morgan fingerprint density at radius 2 is 1.86 bits per heavy atom. The van der Waals surface area contributed by atoms with E-state index in [0.29, 0.717) is 0 Å². The zero-order chi connectivity index (χ0) is 10.7. The lowest BCUT2D eigenvalue weighted by Gasteiger charge is -1.99. The molecule has 0 unspecified atom stereocenters. The first-order valence-electron chi connectivity index (χ1n) is 3.66. The van der Waals surface area contributed by atoms with E-state index in [1.165, 1.54) is 0 Å². The van der Waals surface area contributed by atoms with Gasteiger partial charge in [-0.1, -0.05) is 0 Å². The number of carboxylic acid groups (broad SMARTS) is 1. The van der Waals surface area contributed by atoms with E-state index >= 15 is 0 Å². The van der Waals surface area contributed by atoms with E-state index in [4.69, 9.17) is 10.8 Å². The predicted octanol–water partition coefficient (Wildman–Crippen LogP) is 1.64. The monoisotopic (exact) mass is 199 g/mol. The van der Waals surface area contributed by atoms with Gasteiger partial charge in [0, 0.05) is 6.08 Å². The van der Waals surface area contributed by atoms with Gasteiger partial charge in [-0.25, -0.2) is 13.6 Å². The number of carboxylic acids is 1. The Bertz CT molecular complexity index is 379. The average Bonchev–Trinajstić information content (AvgIpc) is 2.10. The van der Waals surface area contributed by atoms with Gasteiger partial charge < -0.3 is 10.8 Å². The minimum Gasteiger partial charge on any atom is -0.478 e. The first-order valence-corrected chi connectivity index (χ1v) is 3.66. The highest BCUT2D eigenvalue weighted by molar-refractivity contribution is 5.85. The number of benzene rings is 1. The molecule has 1 rings (SSSR count). The molecule has 0 fully saturated rings. The van der Waals surface area contributed by atoms with Crippen LogP contribution in [0.25, 0.3) is 6.08 Å². The molecule has 0 saturated carbocycles. The number of nitrogens with two attached hydrogens (primary N) is 1. The summed E-state index contributed by atoms with van der Waals surface area (Å²) in [4.78, 5) is 10.1. The van der Waals surface area contributed by atoms with Crippen molar-refractivity contribution in [3.05, 3.63) is 35.4 Å². The molecular formula is C9H7F2NO2. The number of carbonyl (C=O) groups is 1. The van der Waals surface area contributed by atoms with E-state index in [1.54, 1.807) is 0 Å². The molecule has 0 amide bonds. The van der Waals surface area contributed by atoms with E-state index < -0.39 is 23.3 Å². The van der Waals surface area contributed by atoms with Crippen molar-refractivity contribution >= 4 is 17.7 Å². The van der Waals surface area contributed by atoms with Crippen LogP contribution in [-0.4, -0.2) is 11.1 Å². The average molecular weight is 199 g/mol. The molecule has 0 heterocycles. The van der Waals surface area contributed by atoms with Crippen LogP contribution in [0.2, 0.25) is 0 Å². The van der Waals surface area contributed by atoms with Gasteiger partial charge in [0.05, 0.1) is 0 Å². The van der Waals surface area contributed by atoms with Crippen LogP contribution < -0.4 is 5.73 Å². The van der Waals surface area contributed by atoms with E-state index in [1.807, 2.05) is 0 Å². The molecule has 0 atom stereocenters. The van der Waals surface area contributed by atoms with Crippen molar-refractivity contribution < 1.29 is 18.7 Å². The van der Waals surface area contributed by atoms with Gasteiger partial charge in [0.1, 0.15) is 17.3 Å². The number of hydrogen-bond acceptors (Lipinski definition) is 2. The summed E-state index contributed by atoms with van der Waals surface area (Å²) < 4.78 is 25.6. The zero-order valence-electron chi connectivity index (χ0n) is 7.00. The summed E-state index contributed by atoms with van der Waals surface area (Å²) in [6, 6.07) is 1.91. The lowest BCUT2D eigenvalue weighted by molar-refractivity contribution is -0.131. The van der Waals surface area contributed by atoms with Gasteiger partial charge in [-0.3, -0.25) is 0 Å². The van der Waals surface area contributed by atoms with Gasteiger partial charge in [0.2, 0.25) is 0 Å². The van der Waals surface area contributed by atoms with E-state index in [-0.39, 0.29) is 5.56 Å². The second-order valence-electron chi connectivity index (χ2n) is 2.57. The maximum Gasteiger partial charge on any atom is 0.328 e. The third-order valence-corrected chi connectivity index (χ3v) is 1.52. The summed E-state index contributed by atoms with van der Waals surface area (Å²) in [7, 11) is 0. The van der Waals surface area contributed by atoms with Crippen molar-refractivity contribution in [2.45, 2.75) is 0 Å². The Balaban J connectivity index is 3.07. The topological polar surface area (TPSA) is 63.3 Å². The van der Waals surface area contributed by atoms with Gasteiger partial charge in [-0.05, 0) is 23.8 Å². The Labute approximate surface area is 78.5 Å². The normalized spacial score (nSPS) is 10.7. The standard InChI is InChI=1S/C9H7F2NO2/c10-6-3-5(1-2-8(13)14)4-7(11)9(6)12/h1-4H,12H2,(H,13,14). The Kier molecular flexibility index (Phi) is 2.81. The molecule has 3 N–H and O–H groups in total. The van der Waals surface area contributed by atoms with Gasteiger partial charge in [-0.15, -0.1) is 0 Å². The molecule has 0 aliphatic rings. The van der Waals surface area contributed by atoms with E-state index in [2.05, 4.69) is 0 Å². The summed E-state index contributed by atoms with van der Waals surface area (Å²) in [6.07, 6.45) is 1.86. The minimum absolute atomic E-state index is 0.108. The molecule has 14 heavy (non-hydrogen) atoms. The summed E-state index contributed by atoms with van der Waals surface area (Å²) in [5.74, 6) is -3.01. The molecule has 3 nitrogen and oxygen atoms in total. The van der Waals surface area contributed by atoms with Crippen LogP contribution in [0.15, 0.2) is 18.2 Å². The predicted molar refractivity (Wildman–Crippen MR) is 47.4 cm³/mol. The smallest absolute Gasteiger partial charge is 0.328 e. The van der Waals surface area contributed by atoms with Gasteiger partial charge >= 0.3 is 5.97 Å². The van der Waals surface area contributed by atoms with Crippen LogP contribution in [-0.2, 0) is 4.79 Å². The van der Waals surface area contributed by atoms with Crippen LogP contribution in [0.3, 0.4) is 0 Å². The Morgan fingerprint density at radius 1 is 1.36 bits per heavy atom. The zero-order valence-corrected chi connectivity index (χ0v) is 7.00. The number of halogens is 2. The van der Waals surface area contributed by atoms with Crippen molar-refractivity contribution in [2.24, 2.45) is 0 Å². The molecule has 0 radical (unpaired) electrons. The molecule has 0 bridgehead atoms. The Morgan fingerprint density at radius 3 is 2.29 bits per heavy atom. The van der Waals surface area contributed by atoms with Gasteiger partial charge in [0.25, 0.3) is 0 Å². The number of rotatable bonds is 2. The SMILES string of the molecule is Nc1c(F)cc(C=CC(=O)O)cc1F. The number of aliphatic carboxylic acids is 1. The molecule has 0 aromatic heterocycles. The highest BCUT2D eigenvalue weighted by atomic mass is 19.1. The quantitative estimate of drug-likeness (QED) is 0.562. The second-order valence-corrected chi connectivity index (χ2v) is 2.57. The molecule has 0 saturated heterocycles.